The summed E-state index contributed by atoms with van der Waals surface area (Å²) in [5.41, 5.74) is 1.65. The van der Waals surface area contributed by atoms with Gasteiger partial charge in [0.25, 0.3) is 10.1 Å². The van der Waals surface area contributed by atoms with E-state index in [2.05, 4.69) is 0 Å². The molecule has 0 radical (unpaired) electrons. The van der Waals surface area contributed by atoms with Crippen LogP contribution in [0.15, 0.2) is 23.1 Å². The molecule has 6 heteroatoms. The fourth-order valence-electron chi connectivity index (χ4n) is 1.48. The minimum atomic E-state index is -4.13. The van der Waals surface area contributed by atoms with Crippen LogP contribution < -0.4 is 4.42 Å². The van der Waals surface area contributed by atoms with Crippen molar-refractivity contribution in [1.82, 2.24) is 0 Å². The molecule has 2 rings (SSSR count). The smallest absolute Gasteiger partial charge is 0.285 e. The third-order valence-corrected chi connectivity index (χ3v) is 3.39. The van der Waals surface area contributed by atoms with Crippen LogP contribution in [0.25, 0.3) is 0 Å². The van der Waals surface area contributed by atoms with Crippen LogP contribution in [0.3, 0.4) is 0 Å². The number of benzene rings is 1. The summed E-state index contributed by atoms with van der Waals surface area (Å²) in [7, 11) is -4.13. The van der Waals surface area contributed by atoms with Crippen LogP contribution in [-0.4, -0.2) is 19.5 Å². The maximum absolute atomic E-state index is 10.8. The average molecular weight is 234 g/mol. The van der Waals surface area contributed by atoms with Gasteiger partial charge < -0.3 is 0 Å². The Bertz CT molecular complexity index is 471. The second-order valence-corrected chi connectivity index (χ2v) is 4.93. The monoisotopic (exact) mass is 233 g/mol. The van der Waals surface area contributed by atoms with Gasteiger partial charge in [-0.3, -0.25) is 8.97 Å². The summed E-state index contributed by atoms with van der Waals surface area (Å²) in [6.07, 6.45) is 0.796. The Balaban J connectivity index is 2.56. The fourth-order valence-corrected chi connectivity index (χ4v) is 2.22. The SMILES string of the molecule is O=S(=O)(O)c1ccc2c(c1)N(Cl)CC2. The average Bonchev–Trinajstić information content (AvgIpc) is 2.46. The fraction of sp³-hybridized carbons (Fsp3) is 0.250. The molecule has 0 spiro atoms. The number of hydrogen-bond donors (Lipinski definition) is 1. The Morgan fingerprint density at radius 1 is 1.43 bits per heavy atom. The summed E-state index contributed by atoms with van der Waals surface area (Å²) in [5.74, 6) is 0. The minimum Gasteiger partial charge on any atom is -0.285 e. The van der Waals surface area contributed by atoms with Crippen molar-refractivity contribution in [3.8, 4) is 0 Å². The van der Waals surface area contributed by atoms with Crippen LogP contribution >= 0.6 is 11.8 Å². The molecule has 76 valence electrons. The zero-order valence-electron chi connectivity index (χ0n) is 7.14. The third-order valence-electron chi connectivity index (χ3n) is 2.19. The van der Waals surface area contributed by atoms with E-state index in [-0.39, 0.29) is 4.90 Å². The first-order valence-corrected chi connectivity index (χ1v) is 5.80. The first-order chi connectivity index (χ1) is 6.48. The van der Waals surface area contributed by atoms with Crippen molar-refractivity contribution in [3.63, 3.8) is 0 Å². The number of hydrogen-bond acceptors (Lipinski definition) is 3. The summed E-state index contributed by atoms with van der Waals surface area (Å²) in [4.78, 5) is -0.121. The van der Waals surface area contributed by atoms with Crippen LogP contribution in [0.5, 0.6) is 0 Å². The summed E-state index contributed by atoms with van der Waals surface area (Å²) in [6, 6.07) is 4.43. The van der Waals surface area contributed by atoms with E-state index >= 15 is 0 Å². The molecule has 1 aromatic rings. The molecule has 14 heavy (non-hydrogen) atoms. The molecular formula is C8H8ClNO3S. The molecule has 1 aliphatic heterocycles. The van der Waals surface area contributed by atoms with Crippen molar-refractivity contribution in [2.75, 3.05) is 11.0 Å². The molecule has 0 saturated heterocycles. The zero-order chi connectivity index (χ0) is 10.3. The van der Waals surface area contributed by atoms with Crippen molar-refractivity contribution < 1.29 is 13.0 Å². The topological polar surface area (TPSA) is 57.6 Å². The van der Waals surface area contributed by atoms with E-state index in [1.165, 1.54) is 16.6 Å². The van der Waals surface area contributed by atoms with Crippen LogP contribution in [0.2, 0.25) is 0 Å². The van der Waals surface area contributed by atoms with Gasteiger partial charge in [-0.2, -0.15) is 8.42 Å². The van der Waals surface area contributed by atoms with Gasteiger partial charge in [0.15, 0.2) is 0 Å². The predicted molar refractivity (Wildman–Crippen MR) is 53.2 cm³/mol. The van der Waals surface area contributed by atoms with Gasteiger partial charge in [0.1, 0.15) is 0 Å². The van der Waals surface area contributed by atoms with Gasteiger partial charge in [0.2, 0.25) is 0 Å². The molecular weight excluding hydrogens is 226 g/mol. The van der Waals surface area contributed by atoms with Crippen LogP contribution in [0.1, 0.15) is 5.56 Å². The molecule has 0 unspecified atom stereocenters. The molecule has 1 aromatic carbocycles. The standard InChI is InChI=1S/C8H8ClNO3S/c9-10-4-3-6-1-2-7(5-8(6)10)14(11,12)13/h1-2,5H,3-4H2,(H,11,12,13). The summed E-state index contributed by atoms with van der Waals surface area (Å²) in [6.45, 7) is 0.659. The van der Waals surface area contributed by atoms with Gasteiger partial charge in [0, 0.05) is 18.3 Å². The Labute approximate surface area is 87.0 Å². The lowest BCUT2D eigenvalue weighted by Gasteiger charge is -2.08. The molecule has 1 N–H and O–H groups in total. The van der Waals surface area contributed by atoms with E-state index in [0.29, 0.717) is 12.2 Å². The molecule has 0 bridgehead atoms. The molecule has 0 atom stereocenters. The largest absolute Gasteiger partial charge is 0.294 e. The predicted octanol–water partition coefficient (Wildman–Crippen LogP) is 1.45. The van der Waals surface area contributed by atoms with Gasteiger partial charge >= 0.3 is 0 Å². The summed E-state index contributed by atoms with van der Waals surface area (Å²) in [5, 5.41) is 0. The lowest BCUT2D eigenvalue weighted by Crippen LogP contribution is -2.05. The molecule has 4 nitrogen and oxygen atoms in total. The van der Waals surface area contributed by atoms with Crippen LogP contribution in [0.4, 0.5) is 5.69 Å². The highest BCUT2D eigenvalue weighted by Crippen LogP contribution is 2.31. The Hall–Kier alpha value is -0.780. The molecule has 0 saturated carbocycles. The van der Waals surface area contributed by atoms with Gasteiger partial charge in [-0.15, -0.1) is 0 Å². The van der Waals surface area contributed by atoms with E-state index < -0.39 is 10.1 Å². The number of halogens is 1. The minimum absolute atomic E-state index is 0.121. The first kappa shape index (κ1) is 9.76. The molecule has 1 heterocycles. The second-order valence-electron chi connectivity index (χ2n) is 3.10. The maximum atomic E-state index is 10.8. The van der Waals surface area contributed by atoms with Crippen LogP contribution in [0, 0.1) is 0 Å². The number of rotatable bonds is 1. The number of anilines is 1. The Kier molecular flexibility index (Phi) is 2.17. The summed E-state index contributed by atoms with van der Waals surface area (Å²) < 4.78 is 31.9. The highest BCUT2D eigenvalue weighted by molar-refractivity contribution is 7.85. The van der Waals surface area contributed by atoms with Crippen molar-refractivity contribution in [1.29, 1.82) is 0 Å². The third kappa shape index (κ3) is 1.58. The van der Waals surface area contributed by atoms with Crippen molar-refractivity contribution in [2.45, 2.75) is 11.3 Å². The maximum Gasteiger partial charge on any atom is 0.294 e. The Morgan fingerprint density at radius 2 is 2.14 bits per heavy atom. The van der Waals surface area contributed by atoms with Crippen molar-refractivity contribution in [3.05, 3.63) is 23.8 Å². The zero-order valence-corrected chi connectivity index (χ0v) is 8.72. The highest BCUT2D eigenvalue weighted by Gasteiger charge is 2.20. The van der Waals surface area contributed by atoms with Gasteiger partial charge in [0.05, 0.1) is 10.6 Å². The highest BCUT2D eigenvalue weighted by atomic mass is 35.5. The van der Waals surface area contributed by atoms with E-state index in [0.717, 1.165) is 12.0 Å². The molecule has 0 aromatic heterocycles. The molecule has 0 aliphatic carbocycles. The molecule has 1 aliphatic rings. The lowest BCUT2D eigenvalue weighted by atomic mass is 10.2. The van der Waals surface area contributed by atoms with Gasteiger partial charge in [-0.1, -0.05) is 6.07 Å². The van der Waals surface area contributed by atoms with Crippen molar-refractivity contribution in [2.24, 2.45) is 0 Å². The number of fused-ring (bicyclic) bond motifs is 1. The number of nitrogens with zero attached hydrogens (tertiary/aromatic N) is 1. The van der Waals surface area contributed by atoms with Crippen molar-refractivity contribution >= 4 is 27.6 Å². The first-order valence-electron chi connectivity index (χ1n) is 4.02. The molecule has 0 fully saturated rings. The van der Waals surface area contributed by atoms with Gasteiger partial charge in [-0.25, -0.2) is 0 Å². The normalized spacial score (nSPS) is 15.7. The Morgan fingerprint density at radius 3 is 2.79 bits per heavy atom. The second kappa shape index (κ2) is 3.12. The van der Waals surface area contributed by atoms with Gasteiger partial charge in [-0.05, 0) is 24.1 Å². The lowest BCUT2D eigenvalue weighted by molar-refractivity contribution is 0.483. The van der Waals surface area contributed by atoms with E-state index in [4.69, 9.17) is 16.3 Å². The van der Waals surface area contributed by atoms with E-state index in [1.54, 1.807) is 6.07 Å². The van der Waals surface area contributed by atoms with E-state index in [9.17, 15) is 8.42 Å². The summed E-state index contributed by atoms with van der Waals surface area (Å²) >= 11 is 5.82. The molecule has 0 amide bonds. The van der Waals surface area contributed by atoms with E-state index in [1.807, 2.05) is 0 Å². The quantitative estimate of drug-likeness (QED) is 0.589. The van der Waals surface area contributed by atoms with Crippen LogP contribution in [-0.2, 0) is 16.5 Å².